The van der Waals surface area contributed by atoms with E-state index >= 15 is 0 Å². The summed E-state index contributed by atoms with van der Waals surface area (Å²) in [6, 6.07) is 3.62. The van der Waals surface area contributed by atoms with Gasteiger partial charge in [-0.15, -0.1) is 0 Å². The summed E-state index contributed by atoms with van der Waals surface area (Å²) in [6.45, 7) is 3.94. The number of amides is 1. The maximum absolute atomic E-state index is 12.1. The van der Waals surface area contributed by atoms with Gasteiger partial charge in [0.2, 0.25) is 0 Å². The van der Waals surface area contributed by atoms with Crippen LogP contribution in [0.15, 0.2) is 16.6 Å². The number of hydrogen-bond donors (Lipinski definition) is 1. The smallest absolute Gasteiger partial charge is 0.254 e. The van der Waals surface area contributed by atoms with Crippen LogP contribution in [-0.4, -0.2) is 43.7 Å². The van der Waals surface area contributed by atoms with Crippen molar-refractivity contribution in [3.63, 3.8) is 0 Å². The zero-order chi connectivity index (χ0) is 14.0. The number of ether oxygens (including phenoxy) is 1. The molecule has 1 amide bonds. The van der Waals surface area contributed by atoms with Crippen LogP contribution in [0.4, 0.5) is 5.69 Å². The molecule has 1 aliphatic heterocycles. The lowest BCUT2D eigenvalue weighted by Gasteiger charge is -2.29. The number of benzene rings is 1. The summed E-state index contributed by atoms with van der Waals surface area (Å²) < 4.78 is 6.29. The summed E-state index contributed by atoms with van der Waals surface area (Å²) in [7, 11) is 1.97. The Bertz CT molecular complexity index is 496. The molecule has 0 aliphatic carbocycles. The van der Waals surface area contributed by atoms with Gasteiger partial charge in [0, 0.05) is 22.6 Å². The summed E-state index contributed by atoms with van der Waals surface area (Å²) in [4.78, 5) is 14.2. The first kappa shape index (κ1) is 14.8. The maximum atomic E-state index is 12.1. The van der Waals surface area contributed by atoms with Crippen LogP contribution in [-0.2, 0) is 9.53 Å². The molecule has 1 saturated heterocycles. The topological polar surface area (TPSA) is 41.6 Å². The third kappa shape index (κ3) is 3.69. The first-order chi connectivity index (χ1) is 8.97. The molecule has 0 unspecified atom stereocenters. The van der Waals surface area contributed by atoms with E-state index in [9.17, 15) is 4.79 Å². The molecule has 1 heterocycles. The average molecular weight is 348 g/mol. The van der Waals surface area contributed by atoms with Crippen molar-refractivity contribution in [1.29, 1.82) is 0 Å². The lowest BCUT2D eigenvalue weighted by molar-refractivity contribution is -0.132. The molecule has 104 valence electrons. The van der Waals surface area contributed by atoms with E-state index in [2.05, 4.69) is 26.1 Å². The fourth-order valence-corrected chi connectivity index (χ4v) is 2.61. The van der Waals surface area contributed by atoms with E-state index in [4.69, 9.17) is 16.3 Å². The molecule has 6 heteroatoms. The van der Waals surface area contributed by atoms with Gasteiger partial charge in [0.05, 0.1) is 12.3 Å². The van der Waals surface area contributed by atoms with Gasteiger partial charge in [0.25, 0.3) is 5.91 Å². The summed E-state index contributed by atoms with van der Waals surface area (Å²) in [6.07, 6.45) is -0.439. The Hall–Kier alpha value is -0.620. The highest BCUT2D eigenvalue weighted by Crippen LogP contribution is 2.29. The number of carbonyl (C=O) groups excluding carboxylic acids is 1. The molecular formula is C13H16BrClN2O2. The van der Waals surface area contributed by atoms with Crippen molar-refractivity contribution in [3.05, 3.63) is 27.2 Å². The molecule has 2 rings (SSSR count). The van der Waals surface area contributed by atoms with Gasteiger partial charge in [-0.2, -0.15) is 0 Å². The molecule has 0 spiro atoms. The number of morpholine rings is 1. The van der Waals surface area contributed by atoms with Crippen molar-refractivity contribution in [1.82, 2.24) is 4.90 Å². The normalized spacial score (nSPS) is 20.3. The summed E-state index contributed by atoms with van der Waals surface area (Å²) in [5.74, 6) is -0.146. The average Bonchev–Trinajstić information content (AvgIpc) is 2.36. The fraction of sp³-hybridized carbons (Fsp3) is 0.462. The Balaban J connectivity index is 2.08. The fourth-order valence-electron chi connectivity index (χ4n) is 1.89. The Labute approximate surface area is 126 Å². The van der Waals surface area contributed by atoms with Crippen molar-refractivity contribution in [3.8, 4) is 0 Å². The second-order valence-corrected chi connectivity index (χ2v) is 5.95. The van der Waals surface area contributed by atoms with Gasteiger partial charge in [-0.25, -0.2) is 0 Å². The number of halogens is 2. The second kappa shape index (κ2) is 6.22. The number of anilines is 1. The van der Waals surface area contributed by atoms with Crippen LogP contribution in [0.5, 0.6) is 0 Å². The van der Waals surface area contributed by atoms with E-state index < -0.39 is 6.10 Å². The predicted molar refractivity (Wildman–Crippen MR) is 79.8 cm³/mol. The number of nitrogens with one attached hydrogen (secondary N) is 1. The van der Waals surface area contributed by atoms with Crippen LogP contribution in [0.2, 0.25) is 5.02 Å². The molecular weight excluding hydrogens is 332 g/mol. The van der Waals surface area contributed by atoms with Gasteiger partial charge >= 0.3 is 0 Å². The third-order valence-electron chi connectivity index (χ3n) is 3.07. The lowest BCUT2D eigenvalue weighted by Crippen LogP contribution is -2.46. The number of aryl methyl sites for hydroxylation is 1. The molecule has 1 aromatic rings. The van der Waals surface area contributed by atoms with Gasteiger partial charge in [-0.1, -0.05) is 11.6 Å². The SMILES string of the molecule is Cc1cc(Br)c(NC(=O)[C@@H]2CN(C)CCO2)cc1Cl. The zero-order valence-electron chi connectivity index (χ0n) is 10.9. The number of nitrogens with zero attached hydrogens (tertiary/aromatic N) is 1. The van der Waals surface area contributed by atoms with Crippen molar-refractivity contribution in [2.45, 2.75) is 13.0 Å². The minimum absolute atomic E-state index is 0.146. The summed E-state index contributed by atoms with van der Waals surface area (Å²) in [5, 5.41) is 3.47. The Morgan fingerprint density at radius 2 is 2.32 bits per heavy atom. The van der Waals surface area contributed by atoms with Crippen molar-refractivity contribution in [2.24, 2.45) is 0 Å². The van der Waals surface area contributed by atoms with Crippen LogP contribution in [0.3, 0.4) is 0 Å². The molecule has 1 N–H and O–H groups in total. The van der Waals surface area contributed by atoms with E-state index in [0.717, 1.165) is 16.6 Å². The van der Waals surface area contributed by atoms with Crippen molar-refractivity contribution < 1.29 is 9.53 Å². The van der Waals surface area contributed by atoms with Gasteiger partial charge in [0.15, 0.2) is 0 Å². The second-order valence-electron chi connectivity index (χ2n) is 4.69. The van der Waals surface area contributed by atoms with Crippen LogP contribution < -0.4 is 5.32 Å². The summed E-state index contributed by atoms with van der Waals surface area (Å²) in [5.41, 5.74) is 1.62. The molecule has 1 aliphatic rings. The van der Waals surface area contributed by atoms with Gasteiger partial charge in [0.1, 0.15) is 6.10 Å². The van der Waals surface area contributed by atoms with Crippen molar-refractivity contribution in [2.75, 3.05) is 32.1 Å². The molecule has 0 bridgehead atoms. The third-order valence-corrected chi connectivity index (χ3v) is 4.13. The highest BCUT2D eigenvalue weighted by Gasteiger charge is 2.25. The van der Waals surface area contributed by atoms with Crippen LogP contribution in [0, 0.1) is 6.92 Å². The largest absolute Gasteiger partial charge is 0.366 e. The quantitative estimate of drug-likeness (QED) is 0.894. The van der Waals surface area contributed by atoms with E-state index in [1.165, 1.54) is 0 Å². The number of rotatable bonds is 2. The van der Waals surface area contributed by atoms with Crippen LogP contribution in [0.1, 0.15) is 5.56 Å². The van der Waals surface area contributed by atoms with Crippen LogP contribution >= 0.6 is 27.5 Å². The highest BCUT2D eigenvalue weighted by molar-refractivity contribution is 9.10. The van der Waals surface area contributed by atoms with Gasteiger partial charge in [-0.05, 0) is 47.6 Å². The molecule has 0 radical (unpaired) electrons. The Morgan fingerprint density at radius 3 is 3.00 bits per heavy atom. The first-order valence-corrected chi connectivity index (χ1v) is 7.21. The number of carbonyl (C=O) groups is 1. The number of hydrogen-bond acceptors (Lipinski definition) is 3. The van der Waals surface area contributed by atoms with E-state index in [0.29, 0.717) is 23.9 Å². The minimum Gasteiger partial charge on any atom is -0.366 e. The first-order valence-electron chi connectivity index (χ1n) is 6.04. The van der Waals surface area contributed by atoms with E-state index in [-0.39, 0.29) is 5.91 Å². The molecule has 0 aromatic heterocycles. The molecule has 1 atom stereocenters. The summed E-state index contributed by atoms with van der Waals surface area (Å²) >= 11 is 9.49. The highest BCUT2D eigenvalue weighted by atomic mass is 79.9. The maximum Gasteiger partial charge on any atom is 0.254 e. The minimum atomic E-state index is -0.439. The lowest BCUT2D eigenvalue weighted by atomic mass is 10.2. The zero-order valence-corrected chi connectivity index (χ0v) is 13.2. The van der Waals surface area contributed by atoms with Gasteiger partial charge in [-0.3, -0.25) is 4.79 Å². The van der Waals surface area contributed by atoms with Gasteiger partial charge < -0.3 is 15.0 Å². The predicted octanol–water partition coefficient (Wildman–Crippen LogP) is 2.68. The number of likely N-dealkylation sites (N-methyl/N-ethyl adjacent to an activating group) is 1. The molecule has 4 nitrogen and oxygen atoms in total. The van der Waals surface area contributed by atoms with Crippen molar-refractivity contribution >= 4 is 39.1 Å². The monoisotopic (exact) mass is 346 g/mol. The van der Waals surface area contributed by atoms with Crippen LogP contribution in [0.25, 0.3) is 0 Å². The molecule has 1 fully saturated rings. The van der Waals surface area contributed by atoms with E-state index in [1.807, 2.05) is 20.0 Å². The Morgan fingerprint density at radius 1 is 1.58 bits per heavy atom. The molecule has 19 heavy (non-hydrogen) atoms. The molecule has 1 aromatic carbocycles. The standard InChI is InChI=1S/C13H16BrClN2O2/c1-8-5-9(14)11(6-10(8)15)16-13(18)12-7-17(2)3-4-19-12/h5-6,12H,3-4,7H2,1-2H3,(H,16,18)/t12-/m0/s1. The molecule has 0 saturated carbocycles. The Kier molecular flexibility index (Phi) is 4.84. The van der Waals surface area contributed by atoms with E-state index in [1.54, 1.807) is 6.07 Å².